The molecule has 4 aliphatic rings. The third-order valence-corrected chi connectivity index (χ3v) is 9.34. The summed E-state index contributed by atoms with van der Waals surface area (Å²) >= 11 is 6.36. The highest BCUT2D eigenvalue weighted by Gasteiger charge is 2.45. The number of halogens is 1. The second kappa shape index (κ2) is 10.7. The van der Waals surface area contributed by atoms with Crippen molar-refractivity contribution < 1.29 is 24.5 Å². The molecule has 2 atom stereocenters. The number of carbonyl (C=O) groups is 2. The Kier molecular flexibility index (Phi) is 7.30. The lowest BCUT2D eigenvalue weighted by Gasteiger charge is -2.41. The molecule has 0 unspecified atom stereocenters. The first-order valence-corrected chi connectivity index (χ1v) is 14.9. The maximum Gasteiger partial charge on any atom is 0.340 e. The number of rotatable bonds is 2. The zero-order valence-corrected chi connectivity index (χ0v) is 23.5. The first-order chi connectivity index (χ1) is 19.3. The van der Waals surface area contributed by atoms with Crippen LogP contribution in [0.3, 0.4) is 0 Å². The van der Waals surface area contributed by atoms with Crippen molar-refractivity contribution >= 4 is 29.2 Å². The van der Waals surface area contributed by atoms with Gasteiger partial charge in [-0.25, -0.2) is 4.79 Å². The van der Waals surface area contributed by atoms with Gasteiger partial charge in [-0.3, -0.25) is 4.79 Å². The third-order valence-electron chi connectivity index (χ3n) is 9.10. The van der Waals surface area contributed by atoms with Crippen molar-refractivity contribution in [2.24, 2.45) is 0 Å². The number of carboxylic acids is 1. The Labute approximate surface area is 240 Å². The second-order valence-corrected chi connectivity index (χ2v) is 12.4. The molecule has 2 aliphatic carbocycles. The Morgan fingerprint density at radius 1 is 1.07 bits per heavy atom. The number of fused-ring (bicyclic) bond motifs is 3. The number of benzene rings is 2. The maximum atomic E-state index is 13.4. The zero-order valence-electron chi connectivity index (χ0n) is 22.8. The maximum absolute atomic E-state index is 13.4. The fourth-order valence-corrected chi connectivity index (χ4v) is 6.94. The average Bonchev–Trinajstić information content (AvgIpc) is 3.78. The molecule has 7 nitrogen and oxygen atoms in total. The summed E-state index contributed by atoms with van der Waals surface area (Å²) in [5.74, 6) is -1.09. The van der Waals surface area contributed by atoms with E-state index in [9.17, 15) is 19.8 Å². The molecule has 6 rings (SSSR count). The Bertz CT molecular complexity index is 1340. The van der Waals surface area contributed by atoms with Crippen molar-refractivity contribution in [1.82, 2.24) is 4.90 Å². The van der Waals surface area contributed by atoms with Crippen LogP contribution in [-0.2, 0) is 27.0 Å². The van der Waals surface area contributed by atoms with Crippen molar-refractivity contribution in [2.45, 2.75) is 74.8 Å². The number of hydrogen-bond acceptors (Lipinski definition) is 5. The van der Waals surface area contributed by atoms with Gasteiger partial charge in [0.1, 0.15) is 5.75 Å². The second-order valence-electron chi connectivity index (χ2n) is 11.9. The number of aryl methyl sites for hydroxylation is 1. The minimum Gasteiger partial charge on any atom is -0.490 e. The van der Waals surface area contributed by atoms with Crippen LogP contribution in [0.15, 0.2) is 48.6 Å². The van der Waals surface area contributed by atoms with E-state index in [2.05, 4.69) is 23.1 Å². The van der Waals surface area contributed by atoms with Crippen LogP contribution in [-0.4, -0.2) is 59.3 Å². The highest BCUT2D eigenvalue weighted by molar-refractivity contribution is 6.30. The molecule has 1 spiro atoms. The highest BCUT2D eigenvalue weighted by atomic mass is 35.5. The van der Waals surface area contributed by atoms with E-state index in [-0.39, 0.29) is 22.9 Å². The van der Waals surface area contributed by atoms with E-state index in [4.69, 9.17) is 16.3 Å². The summed E-state index contributed by atoms with van der Waals surface area (Å²) in [4.78, 5) is 29.9. The quantitative estimate of drug-likeness (QED) is 0.487. The minimum atomic E-state index is -2.34. The monoisotopic (exact) mass is 564 g/mol. The number of aliphatic hydroxyl groups is 1. The number of amides is 1. The number of carbonyl (C=O) groups excluding carboxylic acids is 1. The van der Waals surface area contributed by atoms with Gasteiger partial charge in [0.2, 0.25) is 5.91 Å². The minimum absolute atomic E-state index is 0.117. The van der Waals surface area contributed by atoms with Gasteiger partial charge >= 0.3 is 5.97 Å². The van der Waals surface area contributed by atoms with Crippen molar-refractivity contribution in [3.8, 4) is 5.75 Å². The molecule has 2 bridgehead atoms. The topological polar surface area (TPSA) is 90.3 Å². The molecule has 40 heavy (non-hydrogen) atoms. The highest BCUT2D eigenvalue weighted by Crippen LogP contribution is 2.45. The molecular formula is C32H37ClN2O5. The molecule has 2 heterocycles. The molecule has 1 amide bonds. The average molecular weight is 565 g/mol. The summed E-state index contributed by atoms with van der Waals surface area (Å²) in [5.41, 5.74) is 0.928. The van der Waals surface area contributed by atoms with E-state index in [1.165, 1.54) is 11.1 Å². The van der Waals surface area contributed by atoms with Crippen LogP contribution in [0, 0.1) is 0 Å². The molecule has 1 saturated carbocycles. The largest absolute Gasteiger partial charge is 0.490 e. The van der Waals surface area contributed by atoms with Gasteiger partial charge in [0.05, 0.1) is 18.7 Å². The van der Waals surface area contributed by atoms with Gasteiger partial charge in [-0.2, -0.15) is 0 Å². The summed E-state index contributed by atoms with van der Waals surface area (Å²) in [5, 5.41) is 22.5. The van der Waals surface area contributed by atoms with E-state index in [1.807, 2.05) is 12.1 Å². The van der Waals surface area contributed by atoms with Crippen LogP contribution < -0.4 is 9.64 Å². The van der Waals surface area contributed by atoms with Gasteiger partial charge in [-0.1, -0.05) is 35.9 Å². The fraction of sp³-hybridized carbons (Fsp3) is 0.500. The molecule has 0 radical (unpaired) electrons. The number of allylic oxidation sites excluding steroid dienone is 1. The molecule has 1 fully saturated rings. The zero-order chi connectivity index (χ0) is 27.9. The Morgan fingerprint density at radius 3 is 2.73 bits per heavy atom. The first-order valence-electron chi connectivity index (χ1n) is 14.5. The molecule has 2 aromatic carbocycles. The van der Waals surface area contributed by atoms with Gasteiger partial charge in [-0.15, -0.1) is 0 Å². The summed E-state index contributed by atoms with van der Waals surface area (Å²) in [7, 11) is 0. The van der Waals surface area contributed by atoms with Gasteiger partial charge in [-0.05, 0) is 92.3 Å². The smallest absolute Gasteiger partial charge is 0.340 e. The van der Waals surface area contributed by atoms with E-state index in [0.717, 1.165) is 68.6 Å². The van der Waals surface area contributed by atoms with Crippen LogP contribution in [0.2, 0.25) is 5.02 Å². The summed E-state index contributed by atoms with van der Waals surface area (Å²) < 4.78 is 6.49. The number of ether oxygens (including phenoxy) is 1. The van der Waals surface area contributed by atoms with E-state index < -0.39 is 18.0 Å². The molecule has 8 heteroatoms. The van der Waals surface area contributed by atoms with Gasteiger partial charge in [0.15, 0.2) is 5.60 Å². The predicted molar refractivity (Wildman–Crippen MR) is 154 cm³/mol. The van der Waals surface area contributed by atoms with Crippen LogP contribution in [0.25, 0.3) is 0 Å². The lowest BCUT2D eigenvalue weighted by Crippen LogP contribution is -2.46. The number of hydrogen-bond donors (Lipinski definition) is 2. The molecule has 212 valence electrons. The van der Waals surface area contributed by atoms with Gasteiger partial charge in [0, 0.05) is 36.1 Å². The lowest BCUT2D eigenvalue weighted by molar-refractivity contribution is -0.165. The number of anilines is 1. The van der Waals surface area contributed by atoms with Crippen molar-refractivity contribution in [1.29, 1.82) is 0 Å². The van der Waals surface area contributed by atoms with Crippen molar-refractivity contribution in [3.05, 3.63) is 70.3 Å². The number of nitrogens with zero attached hydrogens (tertiary/aromatic N) is 2. The summed E-state index contributed by atoms with van der Waals surface area (Å²) in [6.45, 7) is 2.44. The Hall–Kier alpha value is -3.03. The first kappa shape index (κ1) is 27.2. The van der Waals surface area contributed by atoms with E-state index in [0.29, 0.717) is 25.4 Å². The predicted octanol–water partition coefficient (Wildman–Crippen LogP) is 5.21. The van der Waals surface area contributed by atoms with E-state index in [1.54, 1.807) is 23.1 Å². The molecule has 0 aromatic heterocycles. The normalized spacial score (nSPS) is 28.1. The van der Waals surface area contributed by atoms with Crippen LogP contribution in [0.4, 0.5) is 5.69 Å². The SMILES string of the molecule is O=C1C[C@](O)(C(=O)O)c2ccc3c(c2)N(CCCC/C=C/CN1C1CC1)C[C@@]1(CCCc2cc(Cl)ccc21)CO3. The fourth-order valence-electron chi connectivity index (χ4n) is 6.74. The van der Waals surface area contributed by atoms with Crippen LogP contribution in [0.1, 0.15) is 68.1 Å². The molecular weight excluding hydrogens is 528 g/mol. The number of carboxylic acid groups (broad SMARTS) is 1. The number of aliphatic carboxylic acids is 1. The standard InChI is InChI=1S/C32H37ClN2O5/c33-24-9-12-26-22(17-24)7-6-14-31(26)20-34-15-4-2-1-3-5-16-35(25-10-11-25)29(36)19-32(39,30(37)38)23-8-13-28(40-21-31)27(34)18-23/h3,5,8-9,12-13,17-18,25,39H,1-2,4,6-7,10-11,14-16,19-21H2,(H,37,38)/b5-3+/t31-,32+/m0/s1. The Morgan fingerprint density at radius 2 is 1.93 bits per heavy atom. The van der Waals surface area contributed by atoms with E-state index >= 15 is 0 Å². The molecule has 2 aliphatic heterocycles. The van der Waals surface area contributed by atoms with Crippen molar-refractivity contribution in [3.63, 3.8) is 0 Å². The van der Waals surface area contributed by atoms with Gasteiger partial charge < -0.3 is 24.7 Å². The van der Waals surface area contributed by atoms with Crippen LogP contribution in [0.5, 0.6) is 5.75 Å². The molecule has 2 N–H and O–H groups in total. The summed E-state index contributed by atoms with van der Waals surface area (Å²) in [6, 6.07) is 11.4. The molecule has 0 saturated heterocycles. The van der Waals surface area contributed by atoms with Crippen LogP contribution >= 0.6 is 11.6 Å². The lowest BCUT2D eigenvalue weighted by atomic mass is 9.70. The van der Waals surface area contributed by atoms with Gasteiger partial charge in [0.25, 0.3) is 0 Å². The molecule has 2 aromatic rings. The third kappa shape index (κ3) is 5.10. The summed E-state index contributed by atoms with van der Waals surface area (Å²) in [6.07, 6.45) is 11.3. The Balaban J connectivity index is 1.41. The van der Waals surface area contributed by atoms with Crippen molar-refractivity contribution in [2.75, 3.05) is 31.1 Å².